The lowest BCUT2D eigenvalue weighted by molar-refractivity contribution is 0.611. The van der Waals surface area contributed by atoms with Crippen LogP contribution in [0.15, 0.2) is 36.1 Å². The summed E-state index contributed by atoms with van der Waals surface area (Å²) in [5, 5.41) is 0. The van der Waals surface area contributed by atoms with Crippen molar-refractivity contribution in [2.75, 3.05) is 0 Å². The van der Waals surface area contributed by atoms with Crippen LogP contribution in [0.1, 0.15) is 57.4 Å². The first kappa shape index (κ1) is 14.7. The third-order valence-electron chi connectivity index (χ3n) is 2.94. The normalized spacial score (nSPS) is 9.89. The standard InChI is InChI=1S/C17H23F/c1-2-3-4-5-6-7-8-9-10-11-16-12-14-17(18)15-13-16/h9,11-15H,2-8H2,1H3. The minimum Gasteiger partial charge on any atom is -0.207 e. The highest BCUT2D eigenvalue weighted by Crippen LogP contribution is 2.07. The van der Waals surface area contributed by atoms with Crippen molar-refractivity contribution >= 4 is 6.08 Å². The molecule has 0 unspecified atom stereocenters. The molecule has 18 heavy (non-hydrogen) atoms. The van der Waals surface area contributed by atoms with Gasteiger partial charge in [-0.25, -0.2) is 4.39 Å². The molecule has 1 aromatic rings. The molecule has 0 aromatic heterocycles. The molecule has 0 bridgehead atoms. The molecule has 0 spiro atoms. The van der Waals surface area contributed by atoms with Gasteiger partial charge in [0.1, 0.15) is 5.82 Å². The number of unbranched alkanes of at least 4 members (excludes halogenated alkanes) is 6. The van der Waals surface area contributed by atoms with E-state index >= 15 is 0 Å². The van der Waals surface area contributed by atoms with E-state index < -0.39 is 0 Å². The number of halogens is 1. The van der Waals surface area contributed by atoms with Crippen LogP contribution in [0.2, 0.25) is 0 Å². The van der Waals surface area contributed by atoms with E-state index in [0.717, 1.165) is 12.0 Å². The SMILES string of the molecule is CCCCCCCCC=C=Cc1ccc(F)cc1. The van der Waals surface area contributed by atoms with E-state index in [1.165, 1.54) is 50.7 Å². The van der Waals surface area contributed by atoms with Gasteiger partial charge in [0.2, 0.25) is 0 Å². The molecular weight excluding hydrogens is 223 g/mol. The molecule has 0 radical (unpaired) electrons. The van der Waals surface area contributed by atoms with Crippen LogP contribution in [0.3, 0.4) is 0 Å². The Bertz CT molecular complexity index is 369. The monoisotopic (exact) mass is 246 g/mol. The molecule has 0 amide bonds. The fourth-order valence-electron chi connectivity index (χ4n) is 1.82. The summed E-state index contributed by atoms with van der Waals surface area (Å²) in [6, 6.07) is 6.48. The number of allylic oxidation sites excluding steroid dienone is 1. The van der Waals surface area contributed by atoms with Gasteiger partial charge < -0.3 is 0 Å². The van der Waals surface area contributed by atoms with Crippen molar-refractivity contribution in [3.63, 3.8) is 0 Å². The summed E-state index contributed by atoms with van der Waals surface area (Å²) in [6.45, 7) is 2.24. The maximum absolute atomic E-state index is 12.7. The van der Waals surface area contributed by atoms with E-state index in [0.29, 0.717) is 0 Å². The van der Waals surface area contributed by atoms with Gasteiger partial charge in [0.15, 0.2) is 0 Å². The van der Waals surface area contributed by atoms with Gasteiger partial charge >= 0.3 is 0 Å². The fraction of sp³-hybridized carbons (Fsp3) is 0.471. The van der Waals surface area contributed by atoms with Crippen LogP contribution < -0.4 is 0 Å². The topological polar surface area (TPSA) is 0 Å². The third-order valence-corrected chi connectivity index (χ3v) is 2.94. The number of rotatable bonds is 8. The van der Waals surface area contributed by atoms with Crippen LogP contribution >= 0.6 is 0 Å². The minimum atomic E-state index is -0.191. The molecule has 0 saturated heterocycles. The third kappa shape index (κ3) is 7.09. The summed E-state index contributed by atoms with van der Waals surface area (Å²) in [4.78, 5) is 0. The molecule has 0 atom stereocenters. The summed E-state index contributed by atoms with van der Waals surface area (Å²) < 4.78 is 12.7. The maximum atomic E-state index is 12.7. The molecule has 0 nitrogen and oxygen atoms in total. The van der Waals surface area contributed by atoms with Crippen LogP contribution in [-0.2, 0) is 0 Å². The van der Waals surface area contributed by atoms with Crippen LogP contribution in [0.25, 0.3) is 6.08 Å². The molecule has 1 rings (SSSR count). The summed E-state index contributed by atoms with van der Waals surface area (Å²) in [5.41, 5.74) is 4.15. The molecule has 0 N–H and O–H groups in total. The zero-order valence-electron chi connectivity index (χ0n) is 11.3. The zero-order valence-corrected chi connectivity index (χ0v) is 11.3. The van der Waals surface area contributed by atoms with E-state index in [-0.39, 0.29) is 5.82 Å². The average Bonchev–Trinajstić information content (AvgIpc) is 2.39. The van der Waals surface area contributed by atoms with Crippen molar-refractivity contribution in [1.82, 2.24) is 0 Å². The quantitative estimate of drug-likeness (QED) is 0.405. The molecule has 0 aliphatic rings. The molecular formula is C17H23F. The highest BCUT2D eigenvalue weighted by Gasteiger charge is 1.88. The number of benzene rings is 1. The van der Waals surface area contributed by atoms with E-state index in [4.69, 9.17) is 0 Å². The Morgan fingerprint density at radius 1 is 1.00 bits per heavy atom. The van der Waals surface area contributed by atoms with Gasteiger partial charge in [0.25, 0.3) is 0 Å². The number of hydrogen-bond donors (Lipinski definition) is 0. The molecule has 0 saturated carbocycles. The second kappa shape index (κ2) is 9.67. The summed E-state index contributed by atoms with van der Waals surface area (Å²) in [6.07, 6.45) is 13.0. The predicted molar refractivity (Wildman–Crippen MR) is 76.9 cm³/mol. The zero-order chi connectivity index (χ0) is 13.1. The fourth-order valence-corrected chi connectivity index (χ4v) is 1.82. The summed E-state index contributed by atoms with van der Waals surface area (Å²) in [7, 11) is 0. The Morgan fingerprint density at radius 3 is 2.39 bits per heavy atom. The van der Waals surface area contributed by atoms with Crippen LogP contribution in [0.4, 0.5) is 4.39 Å². The highest BCUT2D eigenvalue weighted by molar-refractivity contribution is 5.48. The summed E-state index contributed by atoms with van der Waals surface area (Å²) >= 11 is 0. The summed E-state index contributed by atoms with van der Waals surface area (Å²) in [5.74, 6) is -0.191. The number of hydrogen-bond acceptors (Lipinski definition) is 0. The van der Waals surface area contributed by atoms with Crippen LogP contribution in [-0.4, -0.2) is 0 Å². The largest absolute Gasteiger partial charge is 0.207 e. The highest BCUT2D eigenvalue weighted by atomic mass is 19.1. The molecule has 0 heterocycles. The first-order valence-electron chi connectivity index (χ1n) is 6.99. The maximum Gasteiger partial charge on any atom is 0.123 e. The van der Waals surface area contributed by atoms with E-state index in [2.05, 4.69) is 18.7 Å². The molecule has 1 aromatic carbocycles. The van der Waals surface area contributed by atoms with Crippen molar-refractivity contribution in [2.45, 2.75) is 51.9 Å². The molecule has 98 valence electrons. The van der Waals surface area contributed by atoms with E-state index in [9.17, 15) is 4.39 Å². The van der Waals surface area contributed by atoms with Crippen molar-refractivity contribution in [3.8, 4) is 0 Å². The second-order valence-corrected chi connectivity index (χ2v) is 4.62. The van der Waals surface area contributed by atoms with Gasteiger partial charge in [-0.1, -0.05) is 51.2 Å². The Kier molecular flexibility index (Phi) is 7.92. The van der Waals surface area contributed by atoms with Gasteiger partial charge in [-0.3, -0.25) is 0 Å². The Balaban J connectivity index is 2.14. The second-order valence-electron chi connectivity index (χ2n) is 4.62. The first-order chi connectivity index (χ1) is 8.83. The van der Waals surface area contributed by atoms with Gasteiger partial charge in [0.05, 0.1) is 0 Å². The minimum absolute atomic E-state index is 0.191. The predicted octanol–water partition coefficient (Wildman–Crippen LogP) is 5.74. The average molecular weight is 246 g/mol. The van der Waals surface area contributed by atoms with E-state index in [1.807, 2.05) is 6.08 Å². The molecule has 0 aliphatic carbocycles. The molecule has 0 fully saturated rings. The lowest BCUT2D eigenvalue weighted by atomic mass is 10.1. The van der Waals surface area contributed by atoms with Crippen molar-refractivity contribution in [3.05, 3.63) is 47.5 Å². The molecule has 1 heteroatoms. The Morgan fingerprint density at radius 2 is 1.67 bits per heavy atom. The smallest absolute Gasteiger partial charge is 0.123 e. The van der Waals surface area contributed by atoms with Crippen molar-refractivity contribution < 1.29 is 4.39 Å². The Labute approximate surface area is 110 Å². The van der Waals surface area contributed by atoms with E-state index in [1.54, 1.807) is 12.1 Å². The van der Waals surface area contributed by atoms with Crippen molar-refractivity contribution in [1.29, 1.82) is 0 Å². The van der Waals surface area contributed by atoms with Gasteiger partial charge in [-0.2, -0.15) is 0 Å². The Hall–Kier alpha value is -1.33. The van der Waals surface area contributed by atoms with Gasteiger partial charge in [-0.05, 0) is 42.7 Å². The molecule has 0 aliphatic heterocycles. The van der Waals surface area contributed by atoms with Crippen LogP contribution in [0, 0.1) is 5.82 Å². The first-order valence-corrected chi connectivity index (χ1v) is 6.99. The van der Waals surface area contributed by atoms with Crippen LogP contribution in [0.5, 0.6) is 0 Å². The lowest BCUT2D eigenvalue weighted by Crippen LogP contribution is -1.77. The van der Waals surface area contributed by atoms with Crippen molar-refractivity contribution in [2.24, 2.45) is 0 Å². The lowest BCUT2D eigenvalue weighted by Gasteiger charge is -1.96. The van der Waals surface area contributed by atoms with Gasteiger partial charge in [0, 0.05) is 0 Å². The van der Waals surface area contributed by atoms with Gasteiger partial charge in [-0.15, -0.1) is 5.73 Å².